The zero-order valence-electron chi connectivity index (χ0n) is 15.0. The summed E-state index contributed by atoms with van der Waals surface area (Å²) >= 11 is 0. The third kappa shape index (κ3) is 5.56. The zero-order chi connectivity index (χ0) is 16.9. The minimum Gasteiger partial charge on any atom is -0.375 e. The van der Waals surface area contributed by atoms with Crippen molar-refractivity contribution in [3.05, 3.63) is 23.9 Å². The number of ether oxygens (including phenoxy) is 1. The predicted molar refractivity (Wildman–Crippen MR) is 101 cm³/mol. The molecule has 6 nitrogen and oxygen atoms in total. The van der Waals surface area contributed by atoms with Crippen LogP contribution in [0.2, 0.25) is 0 Å². The van der Waals surface area contributed by atoms with E-state index in [0.717, 1.165) is 50.5 Å². The van der Waals surface area contributed by atoms with E-state index in [4.69, 9.17) is 4.74 Å². The summed E-state index contributed by atoms with van der Waals surface area (Å²) in [5.74, 6) is 1.27. The molecular weight excluding hydrogens is 340 g/mol. The van der Waals surface area contributed by atoms with E-state index in [0.29, 0.717) is 12.6 Å². The van der Waals surface area contributed by atoms with E-state index in [1.165, 1.54) is 0 Å². The number of morpholine rings is 1. The van der Waals surface area contributed by atoms with Crippen molar-refractivity contribution in [1.82, 2.24) is 15.6 Å². The number of aromatic nitrogens is 1. The second-order valence-corrected chi connectivity index (χ2v) is 6.95. The largest absolute Gasteiger partial charge is 0.375 e. The molecule has 140 valence electrons. The summed E-state index contributed by atoms with van der Waals surface area (Å²) < 4.78 is 5.56. The quantitative estimate of drug-likeness (QED) is 0.847. The van der Waals surface area contributed by atoms with E-state index in [-0.39, 0.29) is 30.3 Å². The van der Waals surface area contributed by atoms with Crippen LogP contribution in [0.25, 0.3) is 0 Å². The first-order chi connectivity index (χ1) is 11.6. The van der Waals surface area contributed by atoms with Gasteiger partial charge in [0.25, 0.3) is 0 Å². The first-order valence-electron chi connectivity index (χ1n) is 8.94. The summed E-state index contributed by atoms with van der Waals surface area (Å²) in [5.41, 5.74) is 1.04. The van der Waals surface area contributed by atoms with Gasteiger partial charge in [-0.15, -0.1) is 12.4 Å². The Morgan fingerprint density at radius 3 is 2.96 bits per heavy atom. The Morgan fingerprint density at radius 1 is 1.44 bits per heavy atom. The van der Waals surface area contributed by atoms with Crippen LogP contribution in [0.15, 0.2) is 18.3 Å². The van der Waals surface area contributed by atoms with Crippen molar-refractivity contribution in [3.63, 3.8) is 0 Å². The topological polar surface area (TPSA) is 66.5 Å². The van der Waals surface area contributed by atoms with Gasteiger partial charge >= 0.3 is 0 Å². The number of anilines is 1. The van der Waals surface area contributed by atoms with Crippen molar-refractivity contribution in [2.75, 3.05) is 31.1 Å². The van der Waals surface area contributed by atoms with Crippen LogP contribution in [-0.4, -0.2) is 49.3 Å². The van der Waals surface area contributed by atoms with E-state index in [9.17, 15) is 4.79 Å². The molecule has 1 aromatic rings. The average molecular weight is 369 g/mol. The van der Waals surface area contributed by atoms with Gasteiger partial charge in [0.2, 0.25) is 5.91 Å². The van der Waals surface area contributed by atoms with Gasteiger partial charge in [-0.1, -0.05) is 6.07 Å². The Balaban J connectivity index is 0.00000225. The number of carbonyl (C=O) groups is 1. The minimum absolute atomic E-state index is 0. The molecule has 1 unspecified atom stereocenters. The Bertz CT molecular complexity index is 555. The number of halogens is 1. The highest BCUT2D eigenvalue weighted by Gasteiger charge is 2.24. The molecule has 1 aromatic heterocycles. The van der Waals surface area contributed by atoms with Crippen molar-refractivity contribution < 1.29 is 9.53 Å². The number of piperidine rings is 1. The minimum atomic E-state index is 0. The molecule has 1 amide bonds. The highest BCUT2D eigenvalue weighted by Crippen LogP contribution is 2.17. The van der Waals surface area contributed by atoms with Crippen LogP contribution in [0.4, 0.5) is 5.82 Å². The van der Waals surface area contributed by atoms with Crippen molar-refractivity contribution >= 4 is 24.1 Å². The second kappa shape index (κ2) is 9.36. The summed E-state index contributed by atoms with van der Waals surface area (Å²) in [7, 11) is 0. The van der Waals surface area contributed by atoms with Gasteiger partial charge in [-0.2, -0.15) is 0 Å². The Hall–Kier alpha value is -1.37. The van der Waals surface area contributed by atoms with Crippen LogP contribution in [0, 0.1) is 5.92 Å². The normalized spacial score (nSPS) is 26.6. The number of carbonyl (C=O) groups excluding carboxylic acids is 1. The maximum absolute atomic E-state index is 12.3. The van der Waals surface area contributed by atoms with Gasteiger partial charge in [-0.05, 0) is 44.9 Å². The first-order valence-corrected chi connectivity index (χ1v) is 8.94. The van der Waals surface area contributed by atoms with E-state index in [2.05, 4.69) is 34.4 Å². The molecule has 0 bridgehead atoms. The van der Waals surface area contributed by atoms with Crippen molar-refractivity contribution in [3.8, 4) is 0 Å². The van der Waals surface area contributed by atoms with Crippen LogP contribution >= 0.6 is 12.4 Å². The molecule has 7 heteroatoms. The fourth-order valence-corrected chi connectivity index (χ4v) is 3.44. The number of hydrogen-bond acceptors (Lipinski definition) is 5. The van der Waals surface area contributed by atoms with Crippen LogP contribution in [0.1, 0.15) is 32.3 Å². The molecule has 3 heterocycles. The summed E-state index contributed by atoms with van der Waals surface area (Å²) in [6, 6.07) is 4.51. The van der Waals surface area contributed by atoms with Gasteiger partial charge in [0.15, 0.2) is 0 Å². The fourth-order valence-electron chi connectivity index (χ4n) is 3.44. The smallest absolute Gasteiger partial charge is 0.223 e. The fraction of sp³-hybridized carbons (Fsp3) is 0.667. The molecule has 25 heavy (non-hydrogen) atoms. The number of amides is 1. The van der Waals surface area contributed by atoms with Crippen LogP contribution in [-0.2, 0) is 16.1 Å². The molecule has 2 aliphatic rings. The standard InChI is InChI=1S/C18H28N4O2.ClH/c1-13-9-16(5-6-19-13)18(23)21-11-15-3-4-17(20-10-15)22-7-8-24-14(2)12-22;/h3-4,10,13-14,16,19H,5-9,11-12H2,1-2H3,(H,21,23);1H/t13-,14?,16-;/m0./s1. The third-order valence-corrected chi connectivity index (χ3v) is 4.84. The van der Waals surface area contributed by atoms with Crippen molar-refractivity contribution in [2.45, 2.75) is 45.4 Å². The van der Waals surface area contributed by atoms with Gasteiger partial charge in [0.1, 0.15) is 5.82 Å². The van der Waals surface area contributed by atoms with E-state index < -0.39 is 0 Å². The number of hydrogen-bond donors (Lipinski definition) is 2. The molecule has 0 aliphatic carbocycles. The number of nitrogens with zero attached hydrogens (tertiary/aromatic N) is 2. The lowest BCUT2D eigenvalue weighted by molar-refractivity contribution is -0.126. The van der Waals surface area contributed by atoms with E-state index in [1.54, 1.807) is 0 Å². The van der Waals surface area contributed by atoms with Gasteiger partial charge in [-0.3, -0.25) is 4.79 Å². The van der Waals surface area contributed by atoms with Crippen LogP contribution < -0.4 is 15.5 Å². The maximum atomic E-state index is 12.3. The zero-order valence-corrected chi connectivity index (χ0v) is 15.8. The Morgan fingerprint density at radius 2 is 2.28 bits per heavy atom. The molecule has 2 aliphatic heterocycles. The number of rotatable bonds is 4. The van der Waals surface area contributed by atoms with E-state index >= 15 is 0 Å². The lowest BCUT2D eigenvalue weighted by Crippen LogP contribution is -2.42. The van der Waals surface area contributed by atoms with Crippen molar-refractivity contribution in [2.24, 2.45) is 5.92 Å². The molecule has 0 saturated carbocycles. The second-order valence-electron chi connectivity index (χ2n) is 6.95. The molecule has 0 aromatic carbocycles. The molecule has 2 fully saturated rings. The number of nitrogens with one attached hydrogen (secondary N) is 2. The predicted octanol–water partition coefficient (Wildman–Crippen LogP) is 1.73. The summed E-state index contributed by atoms with van der Waals surface area (Å²) in [6.07, 6.45) is 3.94. The Labute approximate surface area is 156 Å². The first kappa shape index (κ1) is 19.9. The van der Waals surface area contributed by atoms with Gasteiger partial charge in [0, 0.05) is 37.8 Å². The SMILES string of the molecule is CC1CN(c2ccc(CNC(=O)[C@H]3CCN[C@@H](C)C3)cn2)CCO1.Cl. The van der Waals surface area contributed by atoms with Crippen molar-refractivity contribution in [1.29, 1.82) is 0 Å². The van der Waals surface area contributed by atoms with Crippen LogP contribution in [0.3, 0.4) is 0 Å². The van der Waals surface area contributed by atoms with E-state index in [1.807, 2.05) is 18.3 Å². The number of pyridine rings is 1. The monoisotopic (exact) mass is 368 g/mol. The molecule has 3 rings (SSSR count). The maximum Gasteiger partial charge on any atom is 0.223 e. The summed E-state index contributed by atoms with van der Waals surface area (Å²) in [4.78, 5) is 19.1. The highest BCUT2D eigenvalue weighted by molar-refractivity contribution is 5.85. The highest BCUT2D eigenvalue weighted by atomic mass is 35.5. The van der Waals surface area contributed by atoms with Gasteiger partial charge in [0.05, 0.1) is 12.7 Å². The molecule has 0 radical (unpaired) electrons. The molecule has 0 spiro atoms. The molecule has 2 N–H and O–H groups in total. The molecular formula is C18H29ClN4O2. The third-order valence-electron chi connectivity index (χ3n) is 4.84. The Kier molecular flexibility index (Phi) is 7.47. The summed E-state index contributed by atoms with van der Waals surface area (Å²) in [5, 5.41) is 6.43. The average Bonchev–Trinajstić information content (AvgIpc) is 2.60. The lowest BCUT2D eigenvalue weighted by atomic mass is 9.92. The van der Waals surface area contributed by atoms with Gasteiger partial charge < -0.3 is 20.3 Å². The molecule has 2 saturated heterocycles. The summed E-state index contributed by atoms with van der Waals surface area (Å²) in [6.45, 7) is 8.18. The van der Waals surface area contributed by atoms with Crippen LogP contribution in [0.5, 0.6) is 0 Å². The molecule has 3 atom stereocenters. The lowest BCUT2D eigenvalue weighted by Gasteiger charge is -2.32. The van der Waals surface area contributed by atoms with Gasteiger partial charge in [-0.25, -0.2) is 4.98 Å².